The predicted molar refractivity (Wildman–Crippen MR) is 307 cm³/mol. The highest BCUT2D eigenvalue weighted by atomic mass is 32.2. The molecule has 0 radical (unpaired) electrons. The fraction of sp³-hybridized carbons (Fsp3) is 0.500. The zero-order valence-corrected chi connectivity index (χ0v) is 47.7. The van der Waals surface area contributed by atoms with Gasteiger partial charge in [-0.05, 0) is 137 Å². The van der Waals surface area contributed by atoms with E-state index in [4.69, 9.17) is 35.0 Å². The summed E-state index contributed by atoms with van der Waals surface area (Å²) in [6.45, 7) is 15.6. The Bertz CT molecular complexity index is 2510. The maximum atomic E-state index is 13.7. The third-order valence-electron chi connectivity index (χ3n) is 14.7. The van der Waals surface area contributed by atoms with E-state index < -0.39 is 35.6 Å². The third-order valence-corrected chi connectivity index (χ3v) is 17.3. The number of nitriles is 1. The molecule has 3 aromatic carbocycles. The van der Waals surface area contributed by atoms with Gasteiger partial charge in [-0.3, -0.25) is 28.8 Å². The first-order valence-corrected chi connectivity index (χ1v) is 30.2. The molecule has 0 aromatic heterocycles. The number of thioether (sulfide) groups is 2. The van der Waals surface area contributed by atoms with Crippen LogP contribution in [-0.4, -0.2) is 49.0 Å². The number of unbranched alkanes of at least 4 members (excludes halogenated alkanes) is 12. The Labute approximate surface area is 480 Å². The molecule has 0 amide bonds. The number of fused-ring (bicyclic) bond motifs is 1. The van der Waals surface area contributed by atoms with Crippen LogP contribution in [0.2, 0.25) is 0 Å². The Hall–Kier alpha value is -6.62. The molecular formula is C64H76N2O12S2. The first-order valence-electron chi connectivity index (χ1n) is 28.6. The topological polar surface area (TPSA) is 186 Å². The first-order chi connectivity index (χ1) is 39.0. The van der Waals surface area contributed by atoms with Gasteiger partial charge in [0.15, 0.2) is 0 Å². The van der Waals surface area contributed by atoms with E-state index >= 15 is 0 Å². The Balaban J connectivity index is 0.902. The summed E-state index contributed by atoms with van der Waals surface area (Å²) >= 11 is 2.20. The van der Waals surface area contributed by atoms with Crippen LogP contribution in [0.15, 0.2) is 106 Å². The molecule has 3 aromatic rings. The van der Waals surface area contributed by atoms with Gasteiger partial charge in [-0.15, -0.1) is 13.2 Å². The van der Waals surface area contributed by atoms with Crippen molar-refractivity contribution in [2.45, 2.75) is 177 Å². The quantitative estimate of drug-likeness (QED) is 0.0143. The molecule has 2 aliphatic carbocycles. The number of carbonyl (C=O) groups is 6. The lowest BCUT2D eigenvalue weighted by Crippen LogP contribution is -2.30. The van der Waals surface area contributed by atoms with Gasteiger partial charge in [0.05, 0.1) is 63.6 Å². The molecule has 14 nitrogen and oxygen atoms in total. The maximum absolute atomic E-state index is 13.7. The Morgan fingerprint density at radius 1 is 0.512 bits per heavy atom. The van der Waals surface area contributed by atoms with E-state index in [1.165, 1.54) is 38.5 Å². The van der Waals surface area contributed by atoms with Crippen LogP contribution in [0.25, 0.3) is 4.85 Å². The Kier molecular flexibility index (Phi) is 27.0. The molecule has 0 bridgehead atoms. The molecule has 0 unspecified atom stereocenters. The van der Waals surface area contributed by atoms with E-state index in [-0.39, 0.29) is 54.3 Å². The molecule has 1 heterocycles. The van der Waals surface area contributed by atoms with Crippen molar-refractivity contribution in [3.8, 4) is 29.1 Å². The number of nitrogens with zero attached hydrogens (tertiary/aromatic N) is 2. The maximum Gasteiger partial charge on any atom is 0.314 e. The number of benzene rings is 3. The smallest absolute Gasteiger partial charge is 0.314 e. The number of carbonyl (C=O) groups excluding carboxylic acids is 6. The van der Waals surface area contributed by atoms with Gasteiger partial charge in [-0.25, -0.2) is 10.1 Å². The summed E-state index contributed by atoms with van der Waals surface area (Å²) in [6.07, 6.45) is 24.2. The average molecular weight is 1130 g/mol. The second-order valence-electron chi connectivity index (χ2n) is 20.7. The van der Waals surface area contributed by atoms with Gasteiger partial charge in [0.2, 0.25) is 0 Å². The third kappa shape index (κ3) is 20.8. The van der Waals surface area contributed by atoms with Gasteiger partial charge in [-0.1, -0.05) is 111 Å². The van der Waals surface area contributed by atoms with E-state index in [2.05, 4.69) is 18.0 Å². The monoisotopic (exact) mass is 1130 g/mol. The molecule has 0 spiro atoms. The zero-order valence-electron chi connectivity index (χ0n) is 46.1. The van der Waals surface area contributed by atoms with Gasteiger partial charge in [0, 0.05) is 25.7 Å². The second-order valence-corrected chi connectivity index (χ2v) is 23.0. The number of esters is 6. The molecule has 0 N–H and O–H groups in total. The lowest BCUT2D eigenvalue weighted by atomic mass is 9.82. The number of rotatable bonds is 32. The van der Waals surface area contributed by atoms with Gasteiger partial charge in [0.25, 0.3) is 5.70 Å². The molecule has 426 valence electrons. The lowest BCUT2D eigenvalue weighted by molar-refractivity contribution is -0.145. The SMILES string of the molecule is [C-]#[N+]C(C#N)=C1Sc2c(OC(=O)C3CCC(C(=O)Oc4ccc(CCOC(=O)CCCCCCCCC=C)cc4)CC3)ccc(OC(=O)C3CCC(C(=O)Oc4ccc(CCOC(=O)CCCCCCCCC=C)cc4)CC3)c2S1. The average Bonchev–Trinajstić information content (AvgIpc) is 3.95. The van der Waals surface area contributed by atoms with Crippen molar-refractivity contribution in [1.29, 1.82) is 5.26 Å². The van der Waals surface area contributed by atoms with Crippen molar-refractivity contribution in [3.63, 3.8) is 0 Å². The van der Waals surface area contributed by atoms with Crippen LogP contribution >= 0.6 is 23.5 Å². The minimum Gasteiger partial charge on any atom is -0.465 e. The number of ether oxygens (including phenoxy) is 6. The summed E-state index contributed by atoms with van der Waals surface area (Å²) < 4.78 is 34.6. The molecule has 0 saturated heterocycles. The van der Waals surface area contributed by atoms with Gasteiger partial charge in [-0.2, -0.15) is 0 Å². The minimum absolute atomic E-state index is 0.145. The van der Waals surface area contributed by atoms with Crippen LogP contribution in [0.3, 0.4) is 0 Å². The van der Waals surface area contributed by atoms with E-state index in [9.17, 15) is 34.0 Å². The van der Waals surface area contributed by atoms with Crippen molar-refractivity contribution < 1.29 is 57.2 Å². The van der Waals surface area contributed by atoms with Crippen LogP contribution in [0, 0.1) is 41.6 Å². The van der Waals surface area contributed by atoms with Crippen molar-refractivity contribution in [2.24, 2.45) is 23.7 Å². The molecule has 2 saturated carbocycles. The van der Waals surface area contributed by atoms with Gasteiger partial charge >= 0.3 is 35.8 Å². The van der Waals surface area contributed by atoms with Crippen LogP contribution in [0.5, 0.6) is 23.0 Å². The lowest BCUT2D eigenvalue weighted by Gasteiger charge is -2.26. The minimum atomic E-state index is -0.486. The molecule has 2 fully saturated rings. The summed E-state index contributed by atoms with van der Waals surface area (Å²) in [6, 6.07) is 19.3. The summed E-state index contributed by atoms with van der Waals surface area (Å²) in [5.41, 5.74) is 1.76. The molecule has 1 aliphatic heterocycles. The van der Waals surface area contributed by atoms with E-state index in [1.807, 2.05) is 42.5 Å². The summed E-state index contributed by atoms with van der Waals surface area (Å²) in [5, 5.41) is 9.72. The summed E-state index contributed by atoms with van der Waals surface area (Å²) in [5.74, 6) is -2.62. The van der Waals surface area contributed by atoms with Crippen molar-refractivity contribution >= 4 is 59.3 Å². The molecular weight excluding hydrogens is 1050 g/mol. The Morgan fingerprint density at radius 3 is 1.19 bits per heavy atom. The van der Waals surface area contributed by atoms with E-state index in [0.29, 0.717) is 103 Å². The summed E-state index contributed by atoms with van der Waals surface area (Å²) in [4.78, 5) is 82.3. The van der Waals surface area contributed by atoms with Crippen LogP contribution in [0.1, 0.15) is 165 Å². The van der Waals surface area contributed by atoms with Gasteiger partial charge < -0.3 is 28.4 Å². The highest BCUT2D eigenvalue weighted by molar-refractivity contribution is 8.24. The highest BCUT2D eigenvalue weighted by Crippen LogP contribution is 2.59. The largest absolute Gasteiger partial charge is 0.465 e. The van der Waals surface area contributed by atoms with Crippen LogP contribution in [-0.2, 0) is 51.1 Å². The predicted octanol–water partition coefficient (Wildman–Crippen LogP) is 14.9. The summed E-state index contributed by atoms with van der Waals surface area (Å²) in [7, 11) is 0. The highest BCUT2D eigenvalue weighted by Gasteiger charge is 2.37. The van der Waals surface area contributed by atoms with E-state index in [0.717, 1.165) is 86.0 Å². The fourth-order valence-electron chi connectivity index (χ4n) is 9.90. The second kappa shape index (κ2) is 34.5. The molecule has 6 rings (SSSR count). The van der Waals surface area contributed by atoms with Crippen LogP contribution in [0.4, 0.5) is 0 Å². The number of allylic oxidation sites excluding steroid dienone is 3. The molecule has 3 aliphatic rings. The first kappa shape index (κ1) is 62.6. The van der Waals surface area contributed by atoms with Crippen LogP contribution < -0.4 is 18.9 Å². The van der Waals surface area contributed by atoms with Gasteiger partial charge in [0.1, 0.15) is 23.0 Å². The zero-order chi connectivity index (χ0) is 56.9. The number of hydrogen-bond acceptors (Lipinski definition) is 15. The Morgan fingerprint density at radius 2 is 0.850 bits per heavy atom. The number of hydrogen-bond donors (Lipinski definition) is 0. The normalized spacial score (nSPS) is 17.4. The van der Waals surface area contributed by atoms with Crippen molar-refractivity contribution in [3.05, 3.63) is 118 Å². The van der Waals surface area contributed by atoms with Crippen molar-refractivity contribution in [2.75, 3.05) is 13.2 Å². The molecule has 16 heteroatoms. The van der Waals surface area contributed by atoms with Crippen molar-refractivity contribution in [1.82, 2.24) is 0 Å². The fourth-order valence-corrected chi connectivity index (χ4v) is 12.4. The standard InChI is InChI=1S/C64H76N2O12S2/c1-4-6-8-10-12-14-16-18-20-56(67)73-42-40-45-22-34-51(35-23-45)75-60(69)47-26-30-49(31-27-47)62(71)77-54-38-39-55(59-58(54)79-64(80-59)53(44-65)66-3)78-63(72)50-32-28-48(29-33-50)61(70)76-52-36-24-46(25-37-52)41-43-74-57(68)21-19-17-15-13-11-9-7-5-2/h4-5,22-25,34-39,47-50H,1-2,6-21,26-33,40-43H2. The van der Waals surface area contributed by atoms with E-state index in [1.54, 1.807) is 36.4 Å². The molecule has 0 atom stereocenters. The molecule has 80 heavy (non-hydrogen) atoms.